The second kappa shape index (κ2) is 7.94. The van der Waals surface area contributed by atoms with E-state index in [0.29, 0.717) is 48.3 Å². The molecule has 0 radical (unpaired) electrons. The summed E-state index contributed by atoms with van der Waals surface area (Å²) in [6, 6.07) is 4.15. The third-order valence-corrected chi connectivity index (χ3v) is 5.26. The fourth-order valence-electron chi connectivity index (χ4n) is 3.55. The Morgan fingerprint density at radius 2 is 1.77 bits per heavy atom. The van der Waals surface area contributed by atoms with Crippen LogP contribution in [0.4, 0.5) is 5.69 Å². The number of hydrogen-bond donors (Lipinski definition) is 0. The molecule has 0 bridgehead atoms. The van der Waals surface area contributed by atoms with E-state index in [0.717, 1.165) is 4.90 Å². The molecule has 2 amide bonds. The summed E-state index contributed by atoms with van der Waals surface area (Å²) in [4.78, 5) is 40.3. The van der Waals surface area contributed by atoms with E-state index in [-0.39, 0.29) is 30.1 Å². The van der Waals surface area contributed by atoms with E-state index in [4.69, 9.17) is 27.9 Å². The predicted octanol–water partition coefficient (Wildman–Crippen LogP) is 2.90. The van der Waals surface area contributed by atoms with Crippen molar-refractivity contribution < 1.29 is 19.1 Å². The van der Waals surface area contributed by atoms with E-state index in [2.05, 4.69) is 0 Å². The van der Waals surface area contributed by atoms with Gasteiger partial charge < -0.3 is 4.74 Å². The number of ether oxygens (including phenoxy) is 1. The van der Waals surface area contributed by atoms with Gasteiger partial charge >= 0.3 is 5.97 Å². The summed E-state index contributed by atoms with van der Waals surface area (Å²) in [5, 5.41) is 0.735. The minimum absolute atomic E-state index is 0.118. The minimum Gasteiger partial charge on any atom is -0.466 e. The third-order valence-electron chi connectivity index (χ3n) is 4.82. The molecule has 0 saturated carbocycles. The van der Waals surface area contributed by atoms with Crippen molar-refractivity contribution in [2.75, 3.05) is 24.6 Å². The number of halogens is 2. The summed E-state index contributed by atoms with van der Waals surface area (Å²) in [5.41, 5.74) is 0.390. The molecule has 1 aromatic rings. The Hall–Kier alpha value is -1.63. The number of hydrogen-bond acceptors (Lipinski definition) is 5. The molecular weight excluding hydrogens is 379 g/mol. The number of anilines is 1. The molecule has 8 heteroatoms. The topological polar surface area (TPSA) is 66.9 Å². The molecule has 1 aromatic carbocycles. The maximum Gasteiger partial charge on any atom is 0.309 e. The molecule has 3 rings (SSSR count). The number of benzene rings is 1. The van der Waals surface area contributed by atoms with Crippen LogP contribution in [0.3, 0.4) is 0 Å². The normalized spacial score (nSPS) is 22.1. The van der Waals surface area contributed by atoms with Gasteiger partial charge in [0.05, 0.1) is 30.7 Å². The highest BCUT2D eigenvalue weighted by molar-refractivity contribution is 6.35. The van der Waals surface area contributed by atoms with E-state index in [9.17, 15) is 14.4 Å². The number of rotatable bonds is 4. The summed E-state index contributed by atoms with van der Waals surface area (Å²) in [6.45, 7) is 3.31. The van der Waals surface area contributed by atoms with Crippen molar-refractivity contribution in [3.63, 3.8) is 0 Å². The number of piperidine rings is 1. The van der Waals surface area contributed by atoms with Crippen LogP contribution in [-0.2, 0) is 19.1 Å². The third kappa shape index (κ3) is 3.87. The van der Waals surface area contributed by atoms with E-state index in [1.807, 2.05) is 4.90 Å². The maximum atomic E-state index is 12.8. The number of likely N-dealkylation sites (tertiary alicyclic amines) is 1. The zero-order valence-electron chi connectivity index (χ0n) is 14.4. The molecule has 0 aromatic heterocycles. The zero-order chi connectivity index (χ0) is 18.8. The van der Waals surface area contributed by atoms with Gasteiger partial charge in [-0.15, -0.1) is 0 Å². The number of esters is 1. The Morgan fingerprint density at radius 3 is 2.35 bits per heavy atom. The molecule has 26 heavy (non-hydrogen) atoms. The van der Waals surface area contributed by atoms with Gasteiger partial charge in [0.15, 0.2) is 0 Å². The number of carbonyl (C=O) groups is 3. The summed E-state index contributed by atoms with van der Waals surface area (Å²) >= 11 is 12.0. The van der Waals surface area contributed by atoms with Crippen molar-refractivity contribution in [2.24, 2.45) is 5.92 Å². The number of imide groups is 1. The molecular formula is C18H20Cl2N2O4. The molecule has 2 saturated heterocycles. The van der Waals surface area contributed by atoms with Crippen molar-refractivity contribution in [1.82, 2.24) is 4.90 Å². The fourth-order valence-corrected chi connectivity index (χ4v) is 4.06. The molecule has 2 heterocycles. The van der Waals surface area contributed by atoms with Gasteiger partial charge in [0.25, 0.3) is 5.91 Å². The minimum atomic E-state index is -0.511. The van der Waals surface area contributed by atoms with E-state index >= 15 is 0 Å². The van der Waals surface area contributed by atoms with Crippen LogP contribution in [0.5, 0.6) is 0 Å². The van der Waals surface area contributed by atoms with E-state index < -0.39 is 6.04 Å². The molecule has 2 aliphatic rings. The largest absolute Gasteiger partial charge is 0.466 e. The Balaban J connectivity index is 1.69. The van der Waals surface area contributed by atoms with Gasteiger partial charge in [0, 0.05) is 10.0 Å². The lowest BCUT2D eigenvalue weighted by molar-refractivity contribution is -0.149. The Labute approximate surface area is 162 Å². The fraction of sp³-hybridized carbons (Fsp3) is 0.500. The van der Waals surface area contributed by atoms with Gasteiger partial charge in [0.2, 0.25) is 5.91 Å². The standard InChI is InChI=1S/C18H20Cl2N2O4/c1-2-26-18(25)11-3-5-21(6-4-11)15-10-16(23)22(17(15)24)14-8-12(19)7-13(20)9-14/h7-9,11,15H,2-6,10H2,1H3/t15-/m0/s1. The van der Waals surface area contributed by atoms with Gasteiger partial charge in [-0.3, -0.25) is 19.3 Å². The van der Waals surface area contributed by atoms with Crippen LogP contribution in [0.25, 0.3) is 0 Å². The van der Waals surface area contributed by atoms with Gasteiger partial charge in [-0.2, -0.15) is 0 Å². The predicted molar refractivity (Wildman–Crippen MR) is 98.3 cm³/mol. The van der Waals surface area contributed by atoms with Crippen LogP contribution in [0.15, 0.2) is 18.2 Å². The van der Waals surface area contributed by atoms with E-state index in [1.54, 1.807) is 25.1 Å². The Morgan fingerprint density at radius 1 is 1.15 bits per heavy atom. The van der Waals surface area contributed by atoms with Crippen LogP contribution in [0.1, 0.15) is 26.2 Å². The smallest absolute Gasteiger partial charge is 0.309 e. The molecule has 0 unspecified atom stereocenters. The molecule has 2 aliphatic heterocycles. The zero-order valence-corrected chi connectivity index (χ0v) is 15.9. The van der Waals surface area contributed by atoms with Crippen molar-refractivity contribution in [3.05, 3.63) is 28.2 Å². The Kier molecular flexibility index (Phi) is 5.85. The second-order valence-corrected chi connectivity index (χ2v) is 7.35. The van der Waals surface area contributed by atoms with Crippen LogP contribution in [0, 0.1) is 5.92 Å². The van der Waals surface area contributed by atoms with Gasteiger partial charge in [-0.25, -0.2) is 4.90 Å². The lowest BCUT2D eigenvalue weighted by Gasteiger charge is -2.33. The van der Waals surface area contributed by atoms with Crippen LogP contribution < -0.4 is 4.90 Å². The lowest BCUT2D eigenvalue weighted by Crippen LogP contribution is -2.47. The second-order valence-electron chi connectivity index (χ2n) is 6.48. The first-order valence-corrected chi connectivity index (χ1v) is 9.40. The molecule has 1 atom stereocenters. The lowest BCUT2D eigenvalue weighted by atomic mass is 9.95. The van der Waals surface area contributed by atoms with Gasteiger partial charge in [-0.05, 0) is 51.1 Å². The first-order chi connectivity index (χ1) is 12.4. The first-order valence-electron chi connectivity index (χ1n) is 8.64. The number of amides is 2. The molecule has 140 valence electrons. The van der Waals surface area contributed by atoms with E-state index in [1.165, 1.54) is 0 Å². The number of nitrogens with zero attached hydrogens (tertiary/aromatic N) is 2. The van der Waals surface area contributed by atoms with Crippen molar-refractivity contribution in [1.29, 1.82) is 0 Å². The molecule has 0 spiro atoms. The average molecular weight is 399 g/mol. The molecule has 2 fully saturated rings. The monoisotopic (exact) mass is 398 g/mol. The highest BCUT2D eigenvalue weighted by atomic mass is 35.5. The highest BCUT2D eigenvalue weighted by Gasteiger charge is 2.44. The summed E-state index contributed by atoms with van der Waals surface area (Å²) in [6.07, 6.45) is 1.37. The summed E-state index contributed by atoms with van der Waals surface area (Å²) in [7, 11) is 0. The highest BCUT2D eigenvalue weighted by Crippen LogP contribution is 2.32. The average Bonchev–Trinajstić information content (AvgIpc) is 2.89. The maximum absolute atomic E-state index is 12.8. The van der Waals surface area contributed by atoms with Crippen molar-refractivity contribution >= 4 is 46.7 Å². The quantitative estimate of drug-likeness (QED) is 0.576. The van der Waals surface area contributed by atoms with Crippen LogP contribution >= 0.6 is 23.2 Å². The van der Waals surface area contributed by atoms with Crippen molar-refractivity contribution in [3.8, 4) is 0 Å². The van der Waals surface area contributed by atoms with Gasteiger partial charge in [-0.1, -0.05) is 23.2 Å². The Bertz CT molecular complexity index is 712. The summed E-state index contributed by atoms with van der Waals surface area (Å²) < 4.78 is 5.07. The van der Waals surface area contributed by atoms with Gasteiger partial charge in [0.1, 0.15) is 0 Å². The first kappa shape index (κ1) is 19.1. The van der Waals surface area contributed by atoms with Crippen LogP contribution in [0.2, 0.25) is 10.0 Å². The number of carbonyl (C=O) groups excluding carboxylic acids is 3. The van der Waals surface area contributed by atoms with Crippen LogP contribution in [-0.4, -0.2) is 48.4 Å². The molecule has 6 nitrogen and oxygen atoms in total. The SMILES string of the molecule is CCOC(=O)C1CCN([C@H]2CC(=O)N(c3cc(Cl)cc(Cl)c3)C2=O)CC1. The molecule has 0 aliphatic carbocycles. The van der Waals surface area contributed by atoms with Crippen molar-refractivity contribution in [2.45, 2.75) is 32.2 Å². The summed E-state index contributed by atoms with van der Waals surface area (Å²) in [5.74, 6) is -0.869. The molecule has 0 N–H and O–H groups in total.